The summed E-state index contributed by atoms with van der Waals surface area (Å²) in [5.74, 6) is 5.43. The molecule has 182 valence electrons. The molecule has 0 aromatic rings. The summed E-state index contributed by atoms with van der Waals surface area (Å²) in [6.07, 6.45) is 16.6. The lowest BCUT2D eigenvalue weighted by molar-refractivity contribution is -0.149. The lowest BCUT2D eigenvalue weighted by Gasteiger charge is -2.63. The first-order valence-corrected chi connectivity index (χ1v) is 14.5. The number of hydrogen-bond acceptors (Lipinski definition) is 0. The Morgan fingerprint density at radius 1 is 0.812 bits per heavy atom. The topological polar surface area (TPSA) is 0 Å². The van der Waals surface area contributed by atoms with Crippen LogP contribution in [0.2, 0.25) is 0 Å². The Bertz CT molecular complexity index is 775. The van der Waals surface area contributed by atoms with Crippen LogP contribution in [0, 0.1) is 62.6 Å². The van der Waals surface area contributed by atoms with Crippen LogP contribution >= 0.6 is 0 Å². The highest BCUT2D eigenvalue weighted by molar-refractivity contribution is 5.30. The molecule has 5 rings (SSSR count). The first kappa shape index (κ1) is 23.5. The van der Waals surface area contributed by atoms with E-state index in [2.05, 4.69) is 62.0 Å². The van der Waals surface area contributed by atoms with Crippen LogP contribution in [0.25, 0.3) is 0 Å². The molecule has 0 aliphatic heterocycles. The van der Waals surface area contributed by atoms with Gasteiger partial charge in [0.2, 0.25) is 0 Å². The van der Waals surface area contributed by atoms with E-state index in [-0.39, 0.29) is 0 Å². The Kier molecular flexibility index (Phi) is 5.23. The van der Waals surface area contributed by atoms with Crippen LogP contribution in [-0.2, 0) is 0 Å². The molecule has 0 aromatic carbocycles. The summed E-state index contributed by atoms with van der Waals surface area (Å²) in [6.45, 7) is 24.9. The van der Waals surface area contributed by atoms with Crippen LogP contribution in [0.3, 0.4) is 0 Å². The molecule has 10 unspecified atom stereocenters. The molecule has 5 saturated carbocycles. The molecule has 0 heterocycles. The molecule has 0 saturated heterocycles. The van der Waals surface area contributed by atoms with Gasteiger partial charge in [0.15, 0.2) is 0 Å². The van der Waals surface area contributed by atoms with Crippen molar-refractivity contribution in [3.8, 4) is 0 Å². The zero-order chi connectivity index (χ0) is 23.3. The molecular formula is C32H54. The van der Waals surface area contributed by atoms with E-state index in [4.69, 9.17) is 0 Å². The summed E-state index contributed by atoms with van der Waals surface area (Å²) in [4.78, 5) is 0. The summed E-state index contributed by atoms with van der Waals surface area (Å²) in [5.41, 5.74) is 4.56. The highest BCUT2D eigenvalue weighted by atomic mass is 14.9. The van der Waals surface area contributed by atoms with Gasteiger partial charge in [0.05, 0.1) is 0 Å². The maximum absolute atomic E-state index is 4.23. The highest BCUT2D eigenvalue weighted by Crippen LogP contribution is 2.89. The second-order valence-electron chi connectivity index (χ2n) is 15.2. The summed E-state index contributed by atoms with van der Waals surface area (Å²) < 4.78 is 0. The summed E-state index contributed by atoms with van der Waals surface area (Å²) in [6, 6.07) is 0. The van der Waals surface area contributed by atoms with Gasteiger partial charge in [0, 0.05) is 0 Å². The van der Waals surface area contributed by atoms with Crippen molar-refractivity contribution < 1.29 is 0 Å². The quantitative estimate of drug-likeness (QED) is 0.375. The lowest BCUT2D eigenvalue weighted by Crippen LogP contribution is -2.56. The Hall–Kier alpha value is -0.260. The van der Waals surface area contributed by atoms with E-state index in [0.29, 0.717) is 22.2 Å². The van der Waals surface area contributed by atoms with Gasteiger partial charge in [-0.05, 0) is 140 Å². The smallest absolute Gasteiger partial charge is 0.0198 e. The van der Waals surface area contributed by atoms with Gasteiger partial charge in [-0.15, -0.1) is 0 Å². The fourth-order valence-corrected chi connectivity index (χ4v) is 11.5. The average molecular weight is 439 g/mol. The van der Waals surface area contributed by atoms with E-state index >= 15 is 0 Å². The largest absolute Gasteiger partial charge is 0.0999 e. The van der Waals surface area contributed by atoms with Crippen molar-refractivity contribution in [1.82, 2.24) is 0 Å². The van der Waals surface area contributed by atoms with Crippen LogP contribution < -0.4 is 0 Å². The predicted molar refractivity (Wildman–Crippen MR) is 138 cm³/mol. The van der Waals surface area contributed by atoms with Crippen molar-refractivity contribution in [2.24, 2.45) is 62.6 Å². The van der Waals surface area contributed by atoms with Crippen molar-refractivity contribution in [1.29, 1.82) is 0 Å². The van der Waals surface area contributed by atoms with Gasteiger partial charge >= 0.3 is 0 Å². The molecular weight excluding hydrogens is 384 g/mol. The lowest BCUT2D eigenvalue weighted by atomic mass is 9.41. The van der Waals surface area contributed by atoms with Crippen LogP contribution in [0.15, 0.2) is 12.2 Å². The minimum absolute atomic E-state index is 0.557. The second kappa shape index (κ2) is 7.13. The minimum atomic E-state index is 0.557. The Labute approximate surface area is 200 Å². The number of hydrogen-bond donors (Lipinski definition) is 0. The number of fused-ring (bicyclic) bond motifs is 2. The van der Waals surface area contributed by atoms with Crippen LogP contribution in [0.1, 0.15) is 126 Å². The van der Waals surface area contributed by atoms with E-state index in [1.807, 2.05) is 0 Å². The van der Waals surface area contributed by atoms with Crippen molar-refractivity contribution in [3.63, 3.8) is 0 Å². The van der Waals surface area contributed by atoms with Gasteiger partial charge in [0.1, 0.15) is 0 Å². The fraction of sp³-hybridized carbons (Fsp3) is 0.938. The molecule has 5 aliphatic carbocycles. The van der Waals surface area contributed by atoms with Crippen LogP contribution in [0.4, 0.5) is 0 Å². The highest BCUT2D eigenvalue weighted by Gasteiger charge is 2.81. The monoisotopic (exact) mass is 438 g/mol. The van der Waals surface area contributed by atoms with Crippen molar-refractivity contribution in [3.05, 3.63) is 12.2 Å². The Morgan fingerprint density at radius 3 is 2.16 bits per heavy atom. The standard InChI is InChI=1S/C32H54/c1-21(2)22(3)10-11-23(4)25-15-16-30(9)27-13-12-26-28(6,7)24(5)14-17-31(26)20-32(27,31)19-18-29(25,30)8/h22-27H,1,10-20H2,2-9H3. The van der Waals surface area contributed by atoms with E-state index in [9.17, 15) is 0 Å². The third kappa shape index (κ3) is 2.74. The molecule has 0 radical (unpaired) electrons. The van der Waals surface area contributed by atoms with E-state index in [1.165, 1.54) is 50.5 Å². The molecule has 0 heteroatoms. The number of rotatable bonds is 5. The first-order chi connectivity index (χ1) is 14.9. The van der Waals surface area contributed by atoms with Gasteiger partial charge in [-0.1, -0.05) is 60.6 Å². The third-order valence-electron chi connectivity index (χ3n) is 14.3. The van der Waals surface area contributed by atoms with Gasteiger partial charge < -0.3 is 0 Å². The maximum atomic E-state index is 4.23. The molecule has 5 fully saturated rings. The fourth-order valence-electron chi connectivity index (χ4n) is 11.5. The maximum Gasteiger partial charge on any atom is -0.0198 e. The molecule has 0 amide bonds. The summed E-state index contributed by atoms with van der Waals surface area (Å²) in [7, 11) is 0. The molecule has 32 heavy (non-hydrogen) atoms. The molecule has 2 spiro atoms. The SMILES string of the molecule is C=C(C)C(C)CCC(C)C1CCC2(C)C3CCC4C(C)(C)C(C)CCC45CC35CCC12C. The van der Waals surface area contributed by atoms with E-state index < -0.39 is 0 Å². The molecule has 0 bridgehead atoms. The van der Waals surface area contributed by atoms with Gasteiger partial charge in [0.25, 0.3) is 0 Å². The molecule has 5 aliphatic rings. The molecule has 10 atom stereocenters. The Balaban J connectivity index is 1.39. The van der Waals surface area contributed by atoms with E-state index in [0.717, 1.165) is 40.4 Å². The minimum Gasteiger partial charge on any atom is -0.0999 e. The number of allylic oxidation sites excluding steroid dienone is 1. The van der Waals surface area contributed by atoms with Crippen molar-refractivity contribution in [2.45, 2.75) is 126 Å². The van der Waals surface area contributed by atoms with Gasteiger partial charge in [-0.2, -0.15) is 0 Å². The molecule has 0 N–H and O–H groups in total. The second-order valence-corrected chi connectivity index (χ2v) is 15.2. The average Bonchev–Trinajstić information content (AvgIpc) is 3.31. The zero-order valence-corrected chi connectivity index (χ0v) is 22.9. The van der Waals surface area contributed by atoms with Crippen LogP contribution in [0.5, 0.6) is 0 Å². The van der Waals surface area contributed by atoms with Crippen LogP contribution in [-0.4, -0.2) is 0 Å². The van der Waals surface area contributed by atoms with Crippen molar-refractivity contribution in [2.75, 3.05) is 0 Å². The normalized spacial score (nSPS) is 52.8. The van der Waals surface area contributed by atoms with Gasteiger partial charge in [-0.25, -0.2) is 0 Å². The zero-order valence-electron chi connectivity index (χ0n) is 22.9. The Morgan fingerprint density at radius 2 is 1.47 bits per heavy atom. The van der Waals surface area contributed by atoms with E-state index in [1.54, 1.807) is 25.7 Å². The first-order valence-electron chi connectivity index (χ1n) is 14.5. The molecule has 0 aromatic heterocycles. The summed E-state index contributed by atoms with van der Waals surface area (Å²) >= 11 is 0. The van der Waals surface area contributed by atoms with Gasteiger partial charge in [-0.3, -0.25) is 0 Å². The predicted octanol–water partition coefficient (Wildman–Crippen LogP) is 9.69. The third-order valence-corrected chi connectivity index (χ3v) is 14.3. The van der Waals surface area contributed by atoms with Crippen molar-refractivity contribution >= 4 is 0 Å². The summed E-state index contributed by atoms with van der Waals surface area (Å²) in [5, 5.41) is 0. The molecule has 0 nitrogen and oxygen atoms in total.